The standard InChI is InChI=1S/C7H12N.2ClH.Cu/c1-2-7-3-5-8-6-4-7;;;/h2,7H,1,3-6H2;2*1H;/q-1;;;+2/p-2. The van der Waals surface area contributed by atoms with Crippen LogP contribution in [0.15, 0.2) is 12.7 Å². The monoisotopic (exact) mass is 243 g/mol. The Bertz CT molecular complexity index is 94.4. The van der Waals surface area contributed by atoms with Crippen LogP contribution in [-0.4, -0.2) is 13.1 Å². The van der Waals surface area contributed by atoms with E-state index in [1.807, 2.05) is 0 Å². The Kier molecular flexibility index (Phi) is 9.54. The van der Waals surface area contributed by atoms with Crippen LogP contribution >= 0.6 is 20.2 Å². The third-order valence-corrected chi connectivity index (χ3v) is 1.65. The van der Waals surface area contributed by atoms with Gasteiger partial charge in [-0.25, -0.2) is 0 Å². The molecule has 0 bridgehead atoms. The molecule has 1 fully saturated rings. The molecular formula is C7H12Cl2CuN-. The molecule has 1 nitrogen and oxygen atoms in total. The van der Waals surface area contributed by atoms with Gasteiger partial charge in [0.05, 0.1) is 0 Å². The average molecular weight is 245 g/mol. The number of halogens is 2. The minimum absolute atomic E-state index is 0.757. The van der Waals surface area contributed by atoms with Gasteiger partial charge in [-0.05, 0) is 5.92 Å². The van der Waals surface area contributed by atoms with Gasteiger partial charge in [0.15, 0.2) is 0 Å². The van der Waals surface area contributed by atoms with Crippen LogP contribution in [0.1, 0.15) is 12.8 Å². The summed E-state index contributed by atoms with van der Waals surface area (Å²) in [4.78, 5) is 0. The summed E-state index contributed by atoms with van der Waals surface area (Å²) in [6.07, 6.45) is 4.50. The average Bonchev–Trinajstić information content (AvgIpc) is 2.08. The maximum absolute atomic E-state index is 4.67. The number of rotatable bonds is 1. The topological polar surface area (TPSA) is 14.1 Å². The van der Waals surface area contributed by atoms with E-state index in [1.54, 1.807) is 0 Å². The third-order valence-electron chi connectivity index (χ3n) is 1.65. The SMILES string of the molecule is C=CC1CC[N-]CC1.[Cl][Cu][Cl]. The summed E-state index contributed by atoms with van der Waals surface area (Å²) in [7, 11) is 9.34. The van der Waals surface area contributed by atoms with Gasteiger partial charge in [0, 0.05) is 0 Å². The molecule has 4 heteroatoms. The predicted octanol–water partition coefficient (Wildman–Crippen LogP) is 3.33. The molecule has 0 aromatic heterocycles. The summed E-state index contributed by atoms with van der Waals surface area (Å²) in [5, 5.41) is 4.23. The normalized spacial score (nSPS) is 18.7. The van der Waals surface area contributed by atoms with Crippen LogP contribution in [-0.2, 0) is 13.1 Å². The zero-order valence-electron chi connectivity index (χ0n) is 6.19. The summed E-state index contributed by atoms with van der Waals surface area (Å²) >= 11 is 0.757. The first-order valence-corrected chi connectivity index (χ1v) is 6.01. The fourth-order valence-electron chi connectivity index (χ4n) is 1.01. The number of hydrogen-bond acceptors (Lipinski definition) is 0. The number of hydrogen-bond donors (Lipinski definition) is 0. The number of nitrogens with zero attached hydrogens (tertiary/aromatic N) is 1. The van der Waals surface area contributed by atoms with Gasteiger partial charge in [-0.1, -0.05) is 18.9 Å². The number of allylic oxidation sites excluding steroid dienone is 1. The maximum atomic E-state index is 4.67. The van der Waals surface area contributed by atoms with E-state index in [1.165, 1.54) is 12.8 Å². The van der Waals surface area contributed by atoms with Crippen molar-refractivity contribution in [1.82, 2.24) is 0 Å². The van der Waals surface area contributed by atoms with Crippen molar-refractivity contribution in [1.29, 1.82) is 0 Å². The minimum atomic E-state index is 0.757. The second kappa shape index (κ2) is 8.89. The Hall–Kier alpha value is 0.799. The van der Waals surface area contributed by atoms with Crippen LogP contribution in [0.5, 0.6) is 0 Å². The van der Waals surface area contributed by atoms with Crippen molar-refractivity contribution in [3.63, 3.8) is 0 Å². The van der Waals surface area contributed by atoms with Gasteiger partial charge >= 0.3 is 33.3 Å². The predicted molar refractivity (Wildman–Crippen MR) is 47.7 cm³/mol. The van der Waals surface area contributed by atoms with Crippen LogP contribution in [0.2, 0.25) is 0 Å². The van der Waals surface area contributed by atoms with E-state index < -0.39 is 0 Å². The Balaban J connectivity index is 0.000000292. The molecule has 71 valence electrons. The zero-order valence-corrected chi connectivity index (χ0v) is 8.65. The van der Waals surface area contributed by atoms with E-state index in [-0.39, 0.29) is 0 Å². The van der Waals surface area contributed by atoms with Crippen molar-refractivity contribution in [2.75, 3.05) is 13.1 Å². The van der Waals surface area contributed by atoms with Crippen LogP contribution in [0.25, 0.3) is 5.32 Å². The van der Waals surface area contributed by atoms with Crippen LogP contribution in [0, 0.1) is 5.92 Å². The molecule has 0 amide bonds. The molecular weight excluding hydrogens is 233 g/mol. The van der Waals surface area contributed by atoms with Crippen LogP contribution < -0.4 is 0 Å². The van der Waals surface area contributed by atoms with Gasteiger partial charge in [-0.3, -0.25) is 0 Å². The molecule has 1 rings (SSSR count). The first kappa shape index (κ1) is 11.8. The first-order chi connectivity index (χ1) is 5.35. The second-order valence-corrected chi connectivity index (χ2v) is 3.84. The zero-order chi connectivity index (χ0) is 8.53. The number of piperidine rings is 1. The van der Waals surface area contributed by atoms with Gasteiger partial charge in [0.25, 0.3) is 0 Å². The van der Waals surface area contributed by atoms with E-state index in [9.17, 15) is 0 Å². The van der Waals surface area contributed by atoms with E-state index in [4.69, 9.17) is 0 Å². The molecule has 1 saturated heterocycles. The van der Waals surface area contributed by atoms with Gasteiger partial charge < -0.3 is 5.32 Å². The molecule has 1 aliphatic heterocycles. The summed E-state index contributed by atoms with van der Waals surface area (Å²) < 4.78 is 0. The van der Waals surface area contributed by atoms with Crippen molar-refractivity contribution in [3.8, 4) is 0 Å². The molecule has 0 saturated carbocycles. The van der Waals surface area contributed by atoms with Gasteiger partial charge in [-0.2, -0.15) is 0 Å². The summed E-state index contributed by atoms with van der Waals surface area (Å²) in [6.45, 7) is 5.85. The van der Waals surface area contributed by atoms with Crippen LogP contribution in [0.4, 0.5) is 0 Å². The van der Waals surface area contributed by atoms with Crippen molar-refractivity contribution < 1.29 is 13.1 Å². The summed E-state index contributed by atoms with van der Waals surface area (Å²) in [5.74, 6) is 0.757. The molecule has 0 N–H and O–H groups in total. The van der Waals surface area contributed by atoms with Crippen molar-refractivity contribution in [2.24, 2.45) is 5.92 Å². The Morgan fingerprint density at radius 1 is 1.36 bits per heavy atom. The quantitative estimate of drug-likeness (QED) is 0.496. The molecule has 0 spiro atoms. The molecule has 0 radical (unpaired) electrons. The fourth-order valence-corrected chi connectivity index (χ4v) is 1.01. The Labute approximate surface area is 83.1 Å². The van der Waals surface area contributed by atoms with Gasteiger partial charge in [0.1, 0.15) is 0 Å². The Morgan fingerprint density at radius 2 is 1.82 bits per heavy atom. The second-order valence-electron chi connectivity index (χ2n) is 2.29. The van der Waals surface area contributed by atoms with Gasteiger partial charge in [0.2, 0.25) is 0 Å². The molecule has 0 aromatic rings. The Morgan fingerprint density at radius 3 is 2.09 bits per heavy atom. The molecule has 0 aromatic carbocycles. The van der Waals surface area contributed by atoms with Crippen molar-refractivity contribution in [3.05, 3.63) is 18.0 Å². The third kappa shape index (κ3) is 7.17. The van der Waals surface area contributed by atoms with E-state index in [0.717, 1.165) is 32.1 Å². The molecule has 0 aliphatic carbocycles. The molecule has 0 unspecified atom stereocenters. The van der Waals surface area contributed by atoms with Crippen molar-refractivity contribution >= 4 is 20.2 Å². The van der Waals surface area contributed by atoms with E-state index in [2.05, 4.69) is 38.2 Å². The van der Waals surface area contributed by atoms with Crippen LogP contribution in [0.3, 0.4) is 0 Å². The van der Waals surface area contributed by atoms with E-state index in [0.29, 0.717) is 0 Å². The van der Waals surface area contributed by atoms with Gasteiger partial charge in [-0.15, -0.1) is 19.7 Å². The fraction of sp³-hybridized carbons (Fsp3) is 0.714. The first-order valence-electron chi connectivity index (χ1n) is 3.42. The molecule has 11 heavy (non-hydrogen) atoms. The molecule has 1 aliphatic rings. The molecule has 0 atom stereocenters. The van der Waals surface area contributed by atoms with E-state index >= 15 is 0 Å². The molecule has 1 heterocycles. The summed E-state index contributed by atoms with van der Waals surface area (Å²) in [6, 6.07) is 0. The van der Waals surface area contributed by atoms with Crippen molar-refractivity contribution in [2.45, 2.75) is 12.8 Å². The summed E-state index contributed by atoms with van der Waals surface area (Å²) in [5.41, 5.74) is 0.